The molecule has 0 aromatic heterocycles. The average Bonchev–Trinajstić information content (AvgIpc) is 2.15. The van der Waals surface area contributed by atoms with Crippen molar-refractivity contribution >= 4 is 22.0 Å². The molecule has 1 aromatic carbocycles. The molecule has 0 bridgehead atoms. The Balaban J connectivity index is 2.97. The molecule has 0 heterocycles. The molecule has 0 saturated heterocycles. The molecule has 0 atom stereocenters. The number of nitriles is 1. The number of allylic oxidation sites excluding steroid dienone is 1. The molecule has 0 radical (unpaired) electrons. The molecule has 13 heavy (non-hydrogen) atoms. The lowest BCUT2D eigenvalue weighted by molar-refractivity contribution is 0.623. The fraction of sp³-hybridized carbons (Fsp3) is 0.100. The zero-order valence-corrected chi connectivity index (χ0v) is 8.38. The van der Waals surface area contributed by atoms with Crippen molar-refractivity contribution in [3.05, 3.63) is 41.2 Å². The number of nitrogens with zero attached hydrogens (tertiary/aromatic N) is 1. The summed E-state index contributed by atoms with van der Waals surface area (Å²) in [7, 11) is 0. The van der Waals surface area contributed by atoms with E-state index in [0.29, 0.717) is 0 Å². The number of halogens is 2. The first-order chi connectivity index (χ1) is 6.27. The predicted octanol–water partition coefficient (Wildman–Crippen LogP) is 3.11. The highest BCUT2D eigenvalue weighted by Crippen LogP contribution is 2.10. The normalized spacial score (nSPS) is 10.2. The van der Waals surface area contributed by atoms with E-state index in [2.05, 4.69) is 15.9 Å². The molecule has 0 N–H and O–H groups in total. The molecule has 0 saturated carbocycles. The van der Waals surface area contributed by atoms with Crippen molar-refractivity contribution in [2.24, 2.45) is 0 Å². The highest BCUT2D eigenvalue weighted by molar-refractivity contribution is 9.09. The van der Waals surface area contributed by atoms with E-state index in [1.54, 1.807) is 18.2 Å². The first kappa shape index (κ1) is 9.94. The van der Waals surface area contributed by atoms with E-state index in [1.165, 1.54) is 12.1 Å². The molecule has 66 valence electrons. The minimum Gasteiger partial charge on any atom is -0.206 e. The van der Waals surface area contributed by atoms with Crippen LogP contribution in [0.25, 0.3) is 6.08 Å². The van der Waals surface area contributed by atoms with E-state index in [1.807, 2.05) is 6.08 Å². The van der Waals surface area contributed by atoms with Crippen LogP contribution in [0.3, 0.4) is 0 Å². The lowest BCUT2D eigenvalue weighted by Crippen LogP contribution is -1.83. The lowest BCUT2D eigenvalue weighted by atomic mass is 10.1. The van der Waals surface area contributed by atoms with Crippen LogP contribution in [0.5, 0.6) is 0 Å². The Kier molecular flexibility index (Phi) is 3.66. The molecular weight excluding hydrogens is 233 g/mol. The van der Waals surface area contributed by atoms with E-state index < -0.39 is 5.82 Å². The second-order valence-corrected chi connectivity index (χ2v) is 3.06. The Bertz CT molecular complexity index is 366. The van der Waals surface area contributed by atoms with Gasteiger partial charge in [-0.25, -0.2) is 4.39 Å². The number of hydrogen-bond donors (Lipinski definition) is 0. The van der Waals surface area contributed by atoms with Gasteiger partial charge in [0.2, 0.25) is 0 Å². The third-order valence-electron chi connectivity index (χ3n) is 1.51. The Labute approximate surface area is 84.6 Å². The number of rotatable bonds is 2. The smallest absolute Gasteiger partial charge is 0.141 e. The highest BCUT2D eigenvalue weighted by Gasteiger charge is 1.99. The van der Waals surface area contributed by atoms with E-state index >= 15 is 0 Å². The second-order valence-electron chi connectivity index (χ2n) is 2.41. The first-order valence-electron chi connectivity index (χ1n) is 3.70. The summed E-state index contributed by atoms with van der Waals surface area (Å²) in [5.74, 6) is -0.473. The van der Waals surface area contributed by atoms with E-state index in [9.17, 15) is 4.39 Å². The maximum absolute atomic E-state index is 13.0. The molecule has 0 aliphatic carbocycles. The Morgan fingerprint density at radius 3 is 2.85 bits per heavy atom. The van der Waals surface area contributed by atoms with Crippen LogP contribution >= 0.6 is 15.9 Å². The van der Waals surface area contributed by atoms with Crippen LogP contribution in [0.4, 0.5) is 4.39 Å². The molecule has 0 spiro atoms. The van der Waals surface area contributed by atoms with Crippen molar-refractivity contribution in [1.29, 1.82) is 5.26 Å². The van der Waals surface area contributed by atoms with Crippen molar-refractivity contribution in [3.8, 4) is 6.07 Å². The number of hydrogen-bond acceptors (Lipinski definition) is 1. The van der Waals surface area contributed by atoms with Crippen LogP contribution < -0.4 is 0 Å². The summed E-state index contributed by atoms with van der Waals surface area (Å²) in [5, 5.41) is 9.20. The predicted molar refractivity (Wildman–Crippen MR) is 53.9 cm³/mol. The zero-order valence-electron chi connectivity index (χ0n) is 6.80. The standard InChI is InChI=1S/C10H7BrFN/c11-5-1-2-8-3-4-9(7-13)10(12)6-8/h1-4,6H,5H2. The van der Waals surface area contributed by atoms with Gasteiger partial charge in [-0.15, -0.1) is 0 Å². The quantitative estimate of drug-likeness (QED) is 0.728. The summed E-state index contributed by atoms with van der Waals surface area (Å²) in [6, 6.07) is 6.30. The van der Waals surface area contributed by atoms with Gasteiger partial charge in [-0.1, -0.05) is 34.1 Å². The van der Waals surface area contributed by atoms with Crippen molar-refractivity contribution in [2.75, 3.05) is 5.33 Å². The zero-order chi connectivity index (χ0) is 9.68. The van der Waals surface area contributed by atoms with Crippen LogP contribution in [0.2, 0.25) is 0 Å². The van der Waals surface area contributed by atoms with Crippen molar-refractivity contribution in [3.63, 3.8) is 0 Å². The Morgan fingerprint density at radius 1 is 1.54 bits per heavy atom. The van der Waals surface area contributed by atoms with Crippen LogP contribution in [0.15, 0.2) is 24.3 Å². The Hall–Kier alpha value is -1.14. The van der Waals surface area contributed by atoms with E-state index in [0.717, 1.165) is 10.9 Å². The third-order valence-corrected chi connectivity index (χ3v) is 1.89. The maximum atomic E-state index is 13.0. The molecule has 3 heteroatoms. The minimum absolute atomic E-state index is 0.0796. The fourth-order valence-corrected chi connectivity index (χ4v) is 1.09. The molecule has 0 unspecified atom stereocenters. The minimum atomic E-state index is -0.473. The van der Waals surface area contributed by atoms with Crippen LogP contribution in [0, 0.1) is 17.1 Å². The van der Waals surface area contributed by atoms with Gasteiger partial charge in [0.1, 0.15) is 11.9 Å². The van der Waals surface area contributed by atoms with E-state index in [-0.39, 0.29) is 5.56 Å². The summed E-state index contributed by atoms with van der Waals surface area (Å²) in [4.78, 5) is 0. The molecule has 0 aliphatic heterocycles. The van der Waals surface area contributed by atoms with Crippen LogP contribution in [-0.2, 0) is 0 Å². The monoisotopic (exact) mass is 239 g/mol. The van der Waals surface area contributed by atoms with Crippen LogP contribution in [0.1, 0.15) is 11.1 Å². The lowest BCUT2D eigenvalue weighted by Gasteiger charge is -1.95. The summed E-state index contributed by atoms with van der Waals surface area (Å²) >= 11 is 3.22. The van der Waals surface area contributed by atoms with Gasteiger partial charge in [0, 0.05) is 5.33 Å². The van der Waals surface area contributed by atoms with Gasteiger partial charge in [0.05, 0.1) is 5.56 Å². The van der Waals surface area contributed by atoms with Gasteiger partial charge >= 0.3 is 0 Å². The largest absolute Gasteiger partial charge is 0.206 e. The summed E-state index contributed by atoms with van der Waals surface area (Å²) < 4.78 is 13.0. The summed E-state index contributed by atoms with van der Waals surface area (Å²) in [6.45, 7) is 0. The molecule has 1 rings (SSSR count). The molecule has 0 fully saturated rings. The third kappa shape index (κ3) is 2.67. The summed E-state index contributed by atoms with van der Waals surface area (Å²) in [5.41, 5.74) is 0.840. The molecule has 1 aromatic rings. The number of benzene rings is 1. The number of alkyl halides is 1. The van der Waals surface area contributed by atoms with Crippen molar-refractivity contribution in [2.45, 2.75) is 0 Å². The van der Waals surface area contributed by atoms with Crippen LogP contribution in [-0.4, -0.2) is 5.33 Å². The van der Waals surface area contributed by atoms with E-state index in [4.69, 9.17) is 5.26 Å². The molecule has 0 amide bonds. The van der Waals surface area contributed by atoms with Gasteiger partial charge in [-0.05, 0) is 17.7 Å². The fourth-order valence-electron chi connectivity index (χ4n) is 0.906. The molecular formula is C10H7BrFN. The maximum Gasteiger partial charge on any atom is 0.141 e. The molecule has 0 aliphatic rings. The average molecular weight is 240 g/mol. The van der Waals surface area contributed by atoms with Gasteiger partial charge < -0.3 is 0 Å². The summed E-state index contributed by atoms with van der Waals surface area (Å²) in [6.07, 6.45) is 3.65. The first-order valence-corrected chi connectivity index (χ1v) is 4.82. The van der Waals surface area contributed by atoms with Crippen molar-refractivity contribution < 1.29 is 4.39 Å². The topological polar surface area (TPSA) is 23.8 Å². The Morgan fingerprint density at radius 2 is 2.31 bits per heavy atom. The van der Waals surface area contributed by atoms with Gasteiger partial charge in [-0.2, -0.15) is 5.26 Å². The highest BCUT2D eigenvalue weighted by atomic mass is 79.9. The second kappa shape index (κ2) is 4.78. The molecule has 1 nitrogen and oxygen atoms in total. The van der Waals surface area contributed by atoms with Crippen molar-refractivity contribution in [1.82, 2.24) is 0 Å². The van der Waals surface area contributed by atoms with Gasteiger partial charge in [0.15, 0.2) is 0 Å². The SMILES string of the molecule is N#Cc1ccc(C=CCBr)cc1F. The van der Waals surface area contributed by atoms with Gasteiger partial charge in [-0.3, -0.25) is 0 Å². The van der Waals surface area contributed by atoms with Gasteiger partial charge in [0.25, 0.3) is 0 Å².